The molecular formula is C16H27Cl2N3O2. The second-order valence-electron chi connectivity index (χ2n) is 5.67. The topological polar surface area (TPSA) is 53.6 Å². The second-order valence-corrected chi connectivity index (χ2v) is 5.67. The molecule has 1 amide bonds. The summed E-state index contributed by atoms with van der Waals surface area (Å²) in [5, 5.41) is 6.20. The molecule has 2 rings (SSSR count). The van der Waals surface area contributed by atoms with Crippen LogP contribution < -0.4 is 15.4 Å². The van der Waals surface area contributed by atoms with Gasteiger partial charge in [0, 0.05) is 12.2 Å². The molecule has 0 radical (unpaired) electrons. The summed E-state index contributed by atoms with van der Waals surface area (Å²) < 4.78 is 5.63. The van der Waals surface area contributed by atoms with Crippen LogP contribution in [0.1, 0.15) is 19.3 Å². The number of rotatable bonds is 6. The Hall–Kier alpha value is -1.01. The van der Waals surface area contributed by atoms with E-state index in [9.17, 15) is 4.79 Å². The molecule has 1 aromatic rings. The van der Waals surface area contributed by atoms with Crippen molar-refractivity contribution in [3.05, 3.63) is 24.3 Å². The summed E-state index contributed by atoms with van der Waals surface area (Å²) in [5.74, 6) is 0.876. The average Bonchev–Trinajstić information content (AvgIpc) is 2.49. The molecule has 1 saturated heterocycles. The maximum atomic E-state index is 12.1. The molecule has 7 heteroatoms. The fourth-order valence-corrected chi connectivity index (χ4v) is 2.29. The van der Waals surface area contributed by atoms with Crippen LogP contribution in [0.4, 0.5) is 5.69 Å². The van der Waals surface area contributed by atoms with Gasteiger partial charge in [-0.1, -0.05) is 6.42 Å². The van der Waals surface area contributed by atoms with Crippen molar-refractivity contribution in [2.75, 3.05) is 39.1 Å². The number of piperidine rings is 1. The number of carbonyl (C=O) groups excluding carboxylic acids is 1. The zero-order valence-corrected chi connectivity index (χ0v) is 15.3. The number of halogens is 2. The first kappa shape index (κ1) is 22.0. The molecule has 1 heterocycles. The number of benzene rings is 1. The van der Waals surface area contributed by atoms with Crippen LogP contribution in [0.2, 0.25) is 0 Å². The number of anilines is 1. The van der Waals surface area contributed by atoms with Crippen molar-refractivity contribution in [3.63, 3.8) is 0 Å². The number of hydrogen-bond acceptors (Lipinski definition) is 4. The summed E-state index contributed by atoms with van der Waals surface area (Å²) in [6.07, 6.45) is 3.18. The predicted octanol–water partition coefficient (Wildman–Crippen LogP) is 2.55. The van der Waals surface area contributed by atoms with Gasteiger partial charge in [-0.25, -0.2) is 0 Å². The molecular weight excluding hydrogens is 337 g/mol. The van der Waals surface area contributed by atoms with E-state index in [2.05, 4.69) is 15.5 Å². The highest BCUT2D eigenvalue weighted by Gasteiger charge is 2.20. The Labute approximate surface area is 151 Å². The van der Waals surface area contributed by atoms with E-state index < -0.39 is 0 Å². The van der Waals surface area contributed by atoms with Gasteiger partial charge in [0.25, 0.3) is 0 Å². The third-order valence-electron chi connectivity index (χ3n) is 3.56. The maximum Gasteiger partial charge on any atom is 0.241 e. The van der Waals surface area contributed by atoms with Gasteiger partial charge in [-0.15, -0.1) is 24.8 Å². The molecule has 1 aliphatic heterocycles. The van der Waals surface area contributed by atoms with Gasteiger partial charge in [0.2, 0.25) is 5.91 Å². The molecule has 0 aromatic heterocycles. The zero-order chi connectivity index (χ0) is 15.1. The first-order valence-electron chi connectivity index (χ1n) is 7.57. The summed E-state index contributed by atoms with van der Waals surface area (Å²) >= 11 is 0. The Morgan fingerprint density at radius 1 is 1.26 bits per heavy atom. The van der Waals surface area contributed by atoms with Crippen LogP contribution in [-0.4, -0.2) is 50.6 Å². The van der Waals surface area contributed by atoms with E-state index in [0.717, 1.165) is 43.8 Å². The minimum atomic E-state index is -0.0604. The number of amides is 1. The summed E-state index contributed by atoms with van der Waals surface area (Å²) in [7, 11) is 4.03. The molecule has 2 N–H and O–H groups in total. The van der Waals surface area contributed by atoms with Gasteiger partial charge in [0.05, 0.1) is 6.04 Å². The van der Waals surface area contributed by atoms with Crippen molar-refractivity contribution >= 4 is 36.4 Å². The summed E-state index contributed by atoms with van der Waals surface area (Å²) in [5.41, 5.74) is 0.812. The molecule has 5 nitrogen and oxygen atoms in total. The lowest BCUT2D eigenvalue weighted by Crippen LogP contribution is -2.43. The number of carbonyl (C=O) groups is 1. The van der Waals surface area contributed by atoms with Gasteiger partial charge in [-0.05, 0) is 57.7 Å². The third-order valence-corrected chi connectivity index (χ3v) is 3.56. The van der Waals surface area contributed by atoms with E-state index >= 15 is 0 Å². The molecule has 132 valence electrons. The van der Waals surface area contributed by atoms with E-state index in [1.165, 1.54) is 0 Å². The highest BCUT2D eigenvalue weighted by molar-refractivity contribution is 5.94. The highest BCUT2D eigenvalue weighted by Crippen LogP contribution is 2.17. The molecule has 1 fully saturated rings. The third kappa shape index (κ3) is 7.88. The van der Waals surface area contributed by atoms with E-state index in [-0.39, 0.29) is 36.8 Å². The highest BCUT2D eigenvalue weighted by atomic mass is 35.5. The predicted molar refractivity (Wildman–Crippen MR) is 99.3 cm³/mol. The number of likely N-dealkylation sites (N-methyl/N-ethyl adjacent to an activating group) is 1. The van der Waals surface area contributed by atoms with Crippen LogP contribution in [0, 0.1) is 0 Å². The number of hydrogen-bond donors (Lipinski definition) is 2. The Bertz CT molecular complexity index is 449. The van der Waals surface area contributed by atoms with Gasteiger partial charge in [-0.2, -0.15) is 0 Å². The van der Waals surface area contributed by atoms with E-state index in [4.69, 9.17) is 4.74 Å². The monoisotopic (exact) mass is 363 g/mol. The largest absolute Gasteiger partial charge is 0.492 e. The molecule has 1 aliphatic rings. The molecule has 0 aliphatic carbocycles. The van der Waals surface area contributed by atoms with Crippen LogP contribution in [-0.2, 0) is 4.79 Å². The van der Waals surface area contributed by atoms with E-state index in [1.54, 1.807) is 0 Å². The molecule has 0 saturated carbocycles. The molecule has 1 aromatic carbocycles. The minimum Gasteiger partial charge on any atom is -0.492 e. The van der Waals surface area contributed by atoms with Gasteiger partial charge in [0.15, 0.2) is 0 Å². The molecule has 0 unspecified atom stereocenters. The summed E-state index contributed by atoms with van der Waals surface area (Å²) in [4.78, 5) is 14.2. The molecule has 0 bridgehead atoms. The maximum absolute atomic E-state index is 12.1. The van der Waals surface area contributed by atoms with Crippen LogP contribution in [0.3, 0.4) is 0 Å². The lowest BCUT2D eigenvalue weighted by Gasteiger charge is -2.22. The van der Waals surface area contributed by atoms with Crippen molar-refractivity contribution in [3.8, 4) is 5.75 Å². The second kappa shape index (κ2) is 11.5. The van der Waals surface area contributed by atoms with Gasteiger partial charge < -0.3 is 20.3 Å². The van der Waals surface area contributed by atoms with Gasteiger partial charge in [0.1, 0.15) is 12.4 Å². The Morgan fingerprint density at radius 2 is 1.96 bits per heavy atom. The fourth-order valence-electron chi connectivity index (χ4n) is 2.29. The van der Waals surface area contributed by atoms with Gasteiger partial charge in [-0.3, -0.25) is 4.79 Å². The van der Waals surface area contributed by atoms with Crippen LogP contribution in [0.15, 0.2) is 24.3 Å². The summed E-state index contributed by atoms with van der Waals surface area (Å²) in [6.45, 7) is 2.47. The Morgan fingerprint density at radius 3 is 2.52 bits per heavy atom. The van der Waals surface area contributed by atoms with Crippen molar-refractivity contribution in [2.24, 2.45) is 0 Å². The first-order chi connectivity index (χ1) is 10.1. The Kier molecular flexibility index (Phi) is 11.0. The summed E-state index contributed by atoms with van der Waals surface area (Å²) in [6, 6.07) is 7.48. The molecule has 1 atom stereocenters. The molecule has 0 spiro atoms. The van der Waals surface area contributed by atoms with Crippen molar-refractivity contribution in [2.45, 2.75) is 25.3 Å². The van der Waals surface area contributed by atoms with Crippen molar-refractivity contribution in [1.82, 2.24) is 10.2 Å². The number of nitrogens with one attached hydrogen (secondary N) is 2. The van der Waals surface area contributed by atoms with E-state index in [1.807, 2.05) is 38.4 Å². The van der Waals surface area contributed by atoms with Crippen LogP contribution >= 0.6 is 24.8 Å². The standard InChI is InChI=1S/C16H25N3O2.2ClH/c1-19(2)11-12-21-14-8-6-13(7-9-14)18-16(20)15-5-3-4-10-17-15;;/h6-9,15,17H,3-5,10-12H2,1-2H3,(H,18,20);2*1H/t15-;;/m0../s1. The first-order valence-corrected chi connectivity index (χ1v) is 7.57. The normalized spacial score (nSPS) is 16.9. The lowest BCUT2D eigenvalue weighted by molar-refractivity contribution is -0.118. The lowest BCUT2D eigenvalue weighted by atomic mass is 10.0. The number of ether oxygens (including phenoxy) is 1. The average molecular weight is 364 g/mol. The van der Waals surface area contributed by atoms with Gasteiger partial charge >= 0.3 is 0 Å². The van der Waals surface area contributed by atoms with Crippen molar-refractivity contribution < 1.29 is 9.53 Å². The van der Waals surface area contributed by atoms with E-state index in [0.29, 0.717) is 6.61 Å². The Balaban J connectivity index is 0.00000242. The fraction of sp³-hybridized carbons (Fsp3) is 0.562. The zero-order valence-electron chi connectivity index (χ0n) is 13.7. The number of nitrogens with zero attached hydrogens (tertiary/aromatic N) is 1. The van der Waals surface area contributed by atoms with Crippen molar-refractivity contribution in [1.29, 1.82) is 0 Å². The van der Waals surface area contributed by atoms with Crippen LogP contribution in [0.5, 0.6) is 5.75 Å². The smallest absolute Gasteiger partial charge is 0.241 e. The minimum absolute atomic E-state index is 0. The van der Waals surface area contributed by atoms with Crippen LogP contribution in [0.25, 0.3) is 0 Å². The molecule has 23 heavy (non-hydrogen) atoms. The SMILES string of the molecule is CN(C)CCOc1ccc(NC(=O)[C@@H]2CCCCN2)cc1.Cl.Cl. The quantitative estimate of drug-likeness (QED) is 0.815.